The molecule has 0 aromatic rings. The Labute approximate surface area is 110 Å². The molecule has 0 aromatic carbocycles. The van der Waals surface area contributed by atoms with E-state index in [-0.39, 0.29) is 11.8 Å². The minimum absolute atomic E-state index is 0.223. The molecule has 0 heterocycles. The molecule has 18 heavy (non-hydrogen) atoms. The molecule has 0 saturated carbocycles. The summed E-state index contributed by atoms with van der Waals surface area (Å²) in [6, 6.07) is -0.627. The first-order valence-electron chi connectivity index (χ1n) is 6.91. The van der Waals surface area contributed by atoms with Crippen LogP contribution in [0, 0.1) is 0 Å². The molecule has 0 unspecified atom stereocenters. The lowest BCUT2D eigenvalue weighted by atomic mass is 10.1. The fourth-order valence-electron chi connectivity index (χ4n) is 1.65. The summed E-state index contributed by atoms with van der Waals surface area (Å²) in [4.78, 5) is 22.9. The van der Waals surface area contributed by atoms with E-state index in [4.69, 9.17) is 11.5 Å². The predicted octanol–water partition coefficient (Wildman–Crippen LogP) is 1.06. The van der Waals surface area contributed by atoms with Gasteiger partial charge in [-0.2, -0.15) is 0 Å². The zero-order valence-electron chi connectivity index (χ0n) is 11.4. The number of nitrogens with one attached hydrogen (secondary N) is 1. The van der Waals surface area contributed by atoms with Crippen LogP contribution in [0.4, 0.5) is 0 Å². The quantitative estimate of drug-likeness (QED) is 0.509. The summed E-state index contributed by atoms with van der Waals surface area (Å²) in [5.74, 6) is -0.610. The Morgan fingerprint density at radius 3 is 2.39 bits per heavy atom. The number of imide groups is 1. The molecule has 0 aliphatic carbocycles. The topological polar surface area (TPSA) is 98.2 Å². The van der Waals surface area contributed by atoms with Crippen molar-refractivity contribution in [2.45, 2.75) is 64.3 Å². The molecular formula is C13H27N3O2. The molecule has 0 aromatic heterocycles. The third kappa shape index (κ3) is 9.13. The van der Waals surface area contributed by atoms with Crippen molar-refractivity contribution >= 4 is 11.8 Å². The molecule has 106 valence electrons. The Hall–Kier alpha value is -0.940. The Morgan fingerprint density at radius 1 is 1.11 bits per heavy atom. The van der Waals surface area contributed by atoms with Gasteiger partial charge >= 0.3 is 0 Å². The molecule has 0 spiro atoms. The predicted molar refractivity (Wildman–Crippen MR) is 72.8 cm³/mol. The van der Waals surface area contributed by atoms with Crippen LogP contribution in [0.3, 0.4) is 0 Å². The second-order valence-electron chi connectivity index (χ2n) is 4.61. The van der Waals surface area contributed by atoms with Crippen LogP contribution < -0.4 is 16.8 Å². The molecule has 0 rings (SSSR count). The first-order valence-corrected chi connectivity index (χ1v) is 6.91. The average Bonchev–Trinajstić information content (AvgIpc) is 2.35. The number of carbonyl (C=O) groups excluding carboxylic acids is 2. The molecular weight excluding hydrogens is 230 g/mol. The lowest BCUT2D eigenvalue weighted by molar-refractivity contribution is -0.131. The fraction of sp³-hybridized carbons (Fsp3) is 0.846. The summed E-state index contributed by atoms with van der Waals surface area (Å²) in [5, 5.41) is 2.34. The molecule has 5 heteroatoms. The number of nitrogens with two attached hydrogens (primary N) is 2. The van der Waals surface area contributed by atoms with Crippen molar-refractivity contribution in [2.75, 3.05) is 6.54 Å². The van der Waals surface area contributed by atoms with Gasteiger partial charge in [0, 0.05) is 6.42 Å². The SMILES string of the molecule is CCCCCCCC(=O)NC(=O)[C@@H](N)CCCN. The highest BCUT2D eigenvalue weighted by atomic mass is 16.2. The van der Waals surface area contributed by atoms with Gasteiger partial charge in [0.05, 0.1) is 6.04 Å². The van der Waals surface area contributed by atoms with E-state index in [2.05, 4.69) is 12.2 Å². The molecule has 0 aliphatic rings. The number of amides is 2. The minimum Gasteiger partial charge on any atom is -0.330 e. The van der Waals surface area contributed by atoms with Crippen molar-refractivity contribution in [1.82, 2.24) is 5.32 Å². The molecule has 1 atom stereocenters. The number of hydrogen-bond donors (Lipinski definition) is 3. The largest absolute Gasteiger partial charge is 0.330 e. The Kier molecular flexibility index (Phi) is 10.6. The number of unbranched alkanes of at least 4 members (excludes halogenated alkanes) is 4. The van der Waals surface area contributed by atoms with Gasteiger partial charge in [0.25, 0.3) is 0 Å². The van der Waals surface area contributed by atoms with Gasteiger partial charge in [-0.3, -0.25) is 14.9 Å². The van der Waals surface area contributed by atoms with E-state index in [1.54, 1.807) is 0 Å². The lowest BCUT2D eigenvalue weighted by Crippen LogP contribution is -2.43. The van der Waals surface area contributed by atoms with Gasteiger partial charge in [-0.15, -0.1) is 0 Å². The Balaban J connectivity index is 3.63. The molecule has 0 bridgehead atoms. The van der Waals surface area contributed by atoms with Gasteiger partial charge in [-0.05, 0) is 25.8 Å². The zero-order chi connectivity index (χ0) is 13.8. The highest BCUT2D eigenvalue weighted by Gasteiger charge is 2.15. The molecule has 0 radical (unpaired) electrons. The van der Waals surface area contributed by atoms with E-state index in [1.165, 1.54) is 12.8 Å². The highest BCUT2D eigenvalue weighted by Crippen LogP contribution is 2.04. The summed E-state index contributed by atoms with van der Waals surface area (Å²) in [5.41, 5.74) is 11.0. The van der Waals surface area contributed by atoms with E-state index in [9.17, 15) is 9.59 Å². The van der Waals surface area contributed by atoms with Gasteiger partial charge in [-0.1, -0.05) is 32.6 Å². The summed E-state index contributed by atoms with van der Waals surface area (Å²) >= 11 is 0. The van der Waals surface area contributed by atoms with Crippen molar-refractivity contribution in [3.63, 3.8) is 0 Å². The Bertz CT molecular complexity index is 244. The number of carbonyl (C=O) groups is 2. The first kappa shape index (κ1) is 17.1. The van der Waals surface area contributed by atoms with E-state index in [0.29, 0.717) is 25.8 Å². The second kappa shape index (κ2) is 11.2. The van der Waals surface area contributed by atoms with E-state index in [0.717, 1.165) is 19.3 Å². The maximum Gasteiger partial charge on any atom is 0.243 e. The van der Waals surface area contributed by atoms with Gasteiger partial charge < -0.3 is 11.5 Å². The minimum atomic E-state index is -0.627. The zero-order valence-corrected chi connectivity index (χ0v) is 11.4. The molecule has 5 N–H and O–H groups in total. The number of hydrogen-bond acceptors (Lipinski definition) is 4. The average molecular weight is 257 g/mol. The third-order valence-electron chi connectivity index (χ3n) is 2.83. The second-order valence-corrected chi connectivity index (χ2v) is 4.61. The van der Waals surface area contributed by atoms with Crippen molar-refractivity contribution in [3.05, 3.63) is 0 Å². The third-order valence-corrected chi connectivity index (χ3v) is 2.83. The van der Waals surface area contributed by atoms with E-state index in [1.807, 2.05) is 0 Å². The van der Waals surface area contributed by atoms with Gasteiger partial charge in [0.2, 0.25) is 11.8 Å². The van der Waals surface area contributed by atoms with Crippen LogP contribution in [-0.2, 0) is 9.59 Å². The molecule has 2 amide bonds. The van der Waals surface area contributed by atoms with Crippen LogP contribution in [0.2, 0.25) is 0 Å². The van der Waals surface area contributed by atoms with Gasteiger partial charge in [0.1, 0.15) is 0 Å². The normalized spacial score (nSPS) is 12.2. The Morgan fingerprint density at radius 2 is 1.78 bits per heavy atom. The monoisotopic (exact) mass is 257 g/mol. The standard InChI is InChI=1S/C13H27N3O2/c1-2-3-4-5-6-9-12(17)16-13(18)11(15)8-7-10-14/h11H,2-10,14-15H2,1H3,(H,16,17,18)/t11-/m0/s1. The first-order chi connectivity index (χ1) is 8.61. The van der Waals surface area contributed by atoms with E-state index >= 15 is 0 Å². The van der Waals surface area contributed by atoms with Gasteiger partial charge in [-0.25, -0.2) is 0 Å². The highest BCUT2D eigenvalue weighted by molar-refractivity contribution is 5.97. The van der Waals surface area contributed by atoms with Crippen LogP contribution in [0.15, 0.2) is 0 Å². The summed E-state index contributed by atoms with van der Waals surface area (Å²) in [6.45, 7) is 2.65. The van der Waals surface area contributed by atoms with Crippen molar-refractivity contribution in [3.8, 4) is 0 Å². The smallest absolute Gasteiger partial charge is 0.243 e. The molecule has 5 nitrogen and oxygen atoms in total. The van der Waals surface area contributed by atoms with Crippen LogP contribution in [0.5, 0.6) is 0 Å². The van der Waals surface area contributed by atoms with Crippen LogP contribution >= 0.6 is 0 Å². The van der Waals surface area contributed by atoms with Crippen LogP contribution in [0.25, 0.3) is 0 Å². The summed E-state index contributed by atoms with van der Waals surface area (Å²) < 4.78 is 0. The summed E-state index contributed by atoms with van der Waals surface area (Å²) in [7, 11) is 0. The van der Waals surface area contributed by atoms with E-state index < -0.39 is 6.04 Å². The van der Waals surface area contributed by atoms with Crippen molar-refractivity contribution in [2.24, 2.45) is 11.5 Å². The molecule has 0 aliphatic heterocycles. The maximum atomic E-state index is 11.5. The van der Waals surface area contributed by atoms with Crippen molar-refractivity contribution < 1.29 is 9.59 Å². The molecule has 0 saturated heterocycles. The maximum absolute atomic E-state index is 11.5. The summed E-state index contributed by atoms with van der Waals surface area (Å²) in [6.07, 6.45) is 7.01. The van der Waals surface area contributed by atoms with Crippen molar-refractivity contribution in [1.29, 1.82) is 0 Å². The number of rotatable bonds is 10. The lowest BCUT2D eigenvalue weighted by Gasteiger charge is -2.10. The van der Waals surface area contributed by atoms with Gasteiger partial charge in [0.15, 0.2) is 0 Å². The fourth-order valence-corrected chi connectivity index (χ4v) is 1.65. The van der Waals surface area contributed by atoms with Crippen LogP contribution in [0.1, 0.15) is 58.3 Å². The van der Waals surface area contributed by atoms with Crippen LogP contribution in [-0.4, -0.2) is 24.4 Å². The molecule has 0 fully saturated rings.